The average molecular weight is 316 g/mol. The third-order valence-electron chi connectivity index (χ3n) is 2.40. The summed E-state index contributed by atoms with van der Waals surface area (Å²) in [5, 5.41) is 8.75. The Morgan fingerprint density at radius 3 is 2.61 bits per heavy atom. The van der Waals surface area contributed by atoms with E-state index in [0.29, 0.717) is 22.3 Å². The van der Waals surface area contributed by atoms with Gasteiger partial charge in [0, 0.05) is 11.0 Å². The zero-order valence-corrected chi connectivity index (χ0v) is 11.7. The molecule has 0 spiro atoms. The predicted molar refractivity (Wildman–Crippen MR) is 69.9 cm³/mol. The molecule has 1 rings (SSSR count). The maximum absolute atomic E-state index is 12.2. The molecule has 98 valence electrons. The van der Waals surface area contributed by atoms with Crippen LogP contribution in [0.15, 0.2) is 22.7 Å². The van der Waals surface area contributed by atoms with E-state index in [2.05, 4.69) is 15.9 Å². The molecule has 5 nitrogen and oxygen atoms in total. The summed E-state index contributed by atoms with van der Waals surface area (Å²) in [6.45, 7) is 1.74. The lowest BCUT2D eigenvalue weighted by Crippen LogP contribution is -2.35. The Labute approximate surface area is 113 Å². The number of rotatable bonds is 5. The van der Waals surface area contributed by atoms with Crippen molar-refractivity contribution in [2.45, 2.75) is 6.92 Å². The first-order valence-electron chi connectivity index (χ1n) is 5.34. The molecule has 1 aromatic carbocycles. The van der Waals surface area contributed by atoms with Crippen molar-refractivity contribution < 1.29 is 19.4 Å². The van der Waals surface area contributed by atoms with Gasteiger partial charge in [-0.3, -0.25) is 9.59 Å². The summed E-state index contributed by atoms with van der Waals surface area (Å²) in [6.07, 6.45) is 0. The van der Waals surface area contributed by atoms with Crippen LogP contribution in [0.1, 0.15) is 17.3 Å². The molecular weight excluding hydrogens is 302 g/mol. The highest BCUT2D eigenvalue weighted by atomic mass is 79.9. The molecule has 1 amide bonds. The molecule has 0 bridgehead atoms. The van der Waals surface area contributed by atoms with E-state index in [4.69, 9.17) is 9.84 Å². The number of ether oxygens (including phenoxy) is 1. The summed E-state index contributed by atoms with van der Waals surface area (Å²) in [5.74, 6) is -0.831. The van der Waals surface area contributed by atoms with Gasteiger partial charge in [-0.2, -0.15) is 0 Å². The summed E-state index contributed by atoms with van der Waals surface area (Å²) in [5.41, 5.74) is 0.387. The summed E-state index contributed by atoms with van der Waals surface area (Å²) in [4.78, 5) is 24.1. The van der Waals surface area contributed by atoms with Gasteiger partial charge in [0.2, 0.25) is 0 Å². The second-order valence-corrected chi connectivity index (χ2v) is 4.41. The number of carboxylic acid groups (broad SMARTS) is 1. The second kappa shape index (κ2) is 6.39. The fourth-order valence-electron chi connectivity index (χ4n) is 1.46. The molecule has 0 aliphatic rings. The molecule has 0 saturated heterocycles. The number of likely N-dealkylation sites (N-methyl/N-ethyl adjacent to an activating group) is 1. The smallest absolute Gasteiger partial charge is 0.323 e. The third kappa shape index (κ3) is 3.46. The number of methoxy groups -OCH3 is 1. The molecule has 0 aliphatic heterocycles. The summed E-state index contributed by atoms with van der Waals surface area (Å²) >= 11 is 3.27. The number of carboxylic acids is 1. The molecule has 0 saturated carbocycles. The van der Waals surface area contributed by atoms with Crippen LogP contribution in [0.2, 0.25) is 0 Å². The molecule has 0 aliphatic carbocycles. The van der Waals surface area contributed by atoms with E-state index in [1.807, 2.05) is 0 Å². The van der Waals surface area contributed by atoms with Crippen LogP contribution in [0, 0.1) is 0 Å². The first-order chi connectivity index (χ1) is 8.49. The minimum absolute atomic E-state index is 0.320. The van der Waals surface area contributed by atoms with E-state index in [9.17, 15) is 9.59 Å². The number of amides is 1. The molecule has 1 aromatic rings. The summed E-state index contributed by atoms with van der Waals surface area (Å²) in [7, 11) is 1.51. The minimum atomic E-state index is -1.04. The quantitative estimate of drug-likeness (QED) is 0.902. The first kappa shape index (κ1) is 14.5. The number of nitrogens with zero attached hydrogens (tertiary/aromatic N) is 1. The van der Waals surface area contributed by atoms with Crippen molar-refractivity contribution in [2.24, 2.45) is 0 Å². The topological polar surface area (TPSA) is 66.8 Å². The Kier molecular flexibility index (Phi) is 5.15. The number of benzene rings is 1. The van der Waals surface area contributed by atoms with Crippen molar-refractivity contribution >= 4 is 27.8 Å². The number of aliphatic carboxylic acids is 1. The Morgan fingerprint density at radius 1 is 1.44 bits per heavy atom. The molecule has 0 heterocycles. The number of carbonyl (C=O) groups excluding carboxylic acids is 1. The van der Waals surface area contributed by atoms with Crippen LogP contribution >= 0.6 is 15.9 Å². The van der Waals surface area contributed by atoms with E-state index in [-0.39, 0.29) is 12.5 Å². The van der Waals surface area contributed by atoms with E-state index < -0.39 is 5.97 Å². The number of hydrogen-bond donors (Lipinski definition) is 1. The van der Waals surface area contributed by atoms with Crippen LogP contribution in [0.3, 0.4) is 0 Å². The van der Waals surface area contributed by atoms with Crippen LogP contribution in [-0.4, -0.2) is 42.1 Å². The van der Waals surface area contributed by atoms with Gasteiger partial charge >= 0.3 is 5.97 Å². The van der Waals surface area contributed by atoms with Gasteiger partial charge in [-0.25, -0.2) is 0 Å². The Morgan fingerprint density at radius 2 is 2.11 bits per heavy atom. The molecule has 18 heavy (non-hydrogen) atoms. The number of hydrogen-bond acceptors (Lipinski definition) is 3. The second-order valence-electron chi connectivity index (χ2n) is 3.56. The van der Waals surface area contributed by atoms with Crippen molar-refractivity contribution in [3.05, 3.63) is 28.2 Å². The molecule has 0 radical (unpaired) electrons. The molecular formula is C12H14BrNO4. The molecule has 1 N–H and O–H groups in total. The van der Waals surface area contributed by atoms with Crippen molar-refractivity contribution in [3.8, 4) is 5.75 Å². The monoisotopic (exact) mass is 315 g/mol. The SMILES string of the molecule is CCN(CC(=O)O)C(=O)c1cc(OC)ccc1Br. The highest BCUT2D eigenvalue weighted by molar-refractivity contribution is 9.10. The van der Waals surface area contributed by atoms with Crippen LogP contribution < -0.4 is 4.74 Å². The molecule has 0 aromatic heterocycles. The molecule has 0 atom stereocenters. The van der Waals surface area contributed by atoms with Gasteiger partial charge in [-0.15, -0.1) is 0 Å². The van der Waals surface area contributed by atoms with Crippen molar-refractivity contribution in [1.82, 2.24) is 4.90 Å². The van der Waals surface area contributed by atoms with E-state index in [0.717, 1.165) is 0 Å². The fourth-order valence-corrected chi connectivity index (χ4v) is 1.87. The third-order valence-corrected chi connectivity index (χ3v) is 3.09. The molecule has 0 unspecified atom stereocenters. The van der Waals surface area contributed by atoms with Crippen LogP contribution in [0.5, 0.6) is 5.75 Å². The van der Waals surface area contributed by atoms with Gasteiger partial charge in [0.25, 0.3) is 5.91 Å². The van der Waals surface area contributed by atoms with E-state index >= 15 is 0 Å². The van der Waals surface area contributed by atoms with Gasteiger partial charge in [-0.1, -0.05) is 0 Å². The maximum Gasteiger partial charge on any atom is 0.323 e. The standard InChI is InChI=1S/C12H14BrNO4/c1-3-14(7-11(15)16)12(17)9-6-8(18-2)4-5-10(9)13/h4-6H,3,7H2,1-2H3,(H,15,16). The molecule has 0 fully saturated rings. The highest BCUT2D eigenvalue weighted by Gasteiger charge is 2.19. The maximum atomic E-state index is 12.2. The predicted octanol–water partition coefficient (Wildman–Crippen LogP) is 2.00. The van der Waals surface area contributed by atoms with E-state index in [1.54, 1.807) is 25.1 Å². The highest BCUT2D eigenvalue weighted by Crippen LogP contribution is 2.23. The largest absolute Gasteiger partial charge is 0.497 e. The van der Waals surface area contributed by atoms with Gasteiger partial charge in [0.1, 0.15) is 12.3 Å². The summed E-state index contributed by atoms with van der Waals surface area (Å²) in [6, 6.07) is 4.99. The Bertz CT molecular complexity index is 461. The average Bonchev–Trinajstić information content (AvgIpc) is 2.35. The van der Waals surface area contributed by atoms with Crippen LogP contribution in [0.4, 0.5) is 0 Å². The van der Waals surface area contributed by atoms with Crippen molar-refractivity contribution in [2.75, 3.05) is 20.2 Å². The summed E-state index contributed by atoms with van der Waals surface area (Å²) < 4.78 is 5.66. The zero-order chi connectivity index (χ0) is 13.7. The van der Waals surface area contributed by atoms with Crippen molar-refractivity contribution in [3.63, 3.8) is 0 Å². The van der Waals surface area contributed by atoms with Crippen molar-refractivity contribution in [1.29, 1.82) is 0 Å². The van der Waals surface area contributed by atoms with Gasteiger partial charge in [-0.05, 0) is 41.1 Å². The Hall–Kier alpha value is -1.56. The van der Waals surface area contributed by atoms with Crippen LogP contribution in [-0.2, 0) is 4.79 Å². The van der Waals surface area contributed by atoms with Gasteiger partial charge < -0.3 is 14.7 Å². The fraction of sp³-hybridized carbons (Fsp3) is 0.333. The lowest BCUT2D eigenvalue weighted by molar-refractivity contribution is -0.137. The van der Waals surface area contributed by atoms with E-state index in [1.165, 1.54) is 12.0 Å². The first-order valence-corrected chi connectivity index (χ1v) is 6.13. The van der Waals surface area contributed by atoms with Gasteiger partial charge in [0.05, 0.1) is 12.7 Å². The lowest BCUT2D eigenvalue weighted by atomic mass is 10.2. The Balaban J connectivity index is 3.04. The minimum Gasteiger partial charge on any atom is -0.497 e. The molecule has 6 heteroatoms. The van der Waals surface area contributed by atoms with Gasteiger partial charge in [0.15, 0.2) is 0 Å². The normalized spacial score (nSPS) is 9.94. The number of carbonyl (C=O) groups is 2. The van der Waals surface area contributed by atoms with Crippen LogP contribution in [0.25, 0.3) is 0 Å². The lowest BCUT2D eigenvalue weighted by Gasteiger charge is -2.19. The number of halogens is 1. The zero-order valence-electron chi connectivity index (χ0n) is 10.1.